The zero-order valence-corrected chi connectivity index (χ0v) is 17.7. The van der Waals surface area contributed by atoms with E-state index in [1.54, 1.807) is 31.2 Å². The maximum absolute atomic E-state index is 13.8. The van der Waals surface area contributed by atoms with Crippen molar-refractivity contribution in [3.63, 3.8) is 0 Å². The Hall–Kier alpha value is -3.53. The second kappa shape index (κ2) is 8.54. The van der Waals surface area contributed by atoms with Crippen molar-refractivity contribution in [3.8, 4) is 0 Å². The average Bonchev–Trinajstić information content (AvgIpc) is 3.55. The molecular formula is C22H19F2N3O4S. The molecule has 0 bridgehead atoms. The first-order chi connectivity index (χ1) is 15.2. The van der Waals surface area contributed by atoms with Crippen LogP contribution in [0.25, 0.3) is 12.2 Å². The molecule has 0 atom stereocenters. The molecule has 1 amide bonds. The van der Waals surface area contributed by atoms with Gasteiger partial charge in [0.05, 0.1) is 10.6 Å². The monoisotopic (exact) mass is 459 g/mol. The molecule has 4 rings (SSSR count). The highest BCUT2D eigenvalue weighted by Crippen LogP contribution is 2.32. The van der Waals surface area contributed by atoms with E-state index in [1.165, 1.54) is 12.1 Å². The smallest absolute Gasteiger partial charge is 0.261 e. The Kier molecular flexibility index (Phi) is 5.79. The lowest BCUT2D eigenvalue weighted by atomic mass is 10.2. The van der Waals surface area contributed by atoms with Crippen LogP contribution in [0, 0.1) is 24.5 Å². The summed E-state index contributed by atoms with van der Waals surface area (Å²) in [5.74, 6) is -1.31. The van der Waals surface area contributed by atoms with Crippen LogP contribution >= 0.6 is 0 Å². The molecule has 1 aliphatic rings. The number of sulfonamides is 1. The van der Waals surface area contributed by atoms with E-state index >= 15 is 0 Å². The lowest BCUT2D eigenvalue weighted by Crippen LogP contribution is -2.14. The Labute approximate surface area is 183 Å². The lowest BCUT2D eigenvalue weighted by Gasteiger charge is -2.09. The number of carbonyl (C=O) groups is 1. The number of halogens is 2. The highest BCUT2D eigenvalue weighted by atomic mass is 32.2. The van der Waals surface area contributed by atoms with E-state index in [0.29, 0.717) is 22.7 Å². The second-order valence-corrected chi connectivity index (χ2v) is 9.09. The van der Waals surface area contributed by atoms with Gasteiger partial charge in [-0.3, -0.25) is 9.52 Å². The van der Waals surface area contributed by atoms with E-state index in [1.807, 2.05) is 4.72 Å². The minimum absolute atomic E-state index is 0.0325. The SMILES string of the molecule is Cc1noc(/C=C\c2ccc(S(=O)(=O)Nc3cc(F)ccc3F)cc2)c1NC(=O)C1CC1. The molecule has 0 unspecified atom stereocenters. The largest absolute Gasteiger partial charge is 0.354 e. The molecule has 0 radical (unpaired) electrons. The van der Waals surface area contributed by atoms with E-state index in [2.05, 4.69) is 10.5 Å². The van der Waals surface area contributed by atoms with Gasteiger partial charge in [0.15, 0.2) is 5.76 Å². The van der Waals surface area contributed by atoms with Gasteiger partial charge < -0.3 is 9.84 Å². The van der Waals surface area contributed by atoms with Crippen LogP contribution in [0.15, 0.2) is 51.9 Å². The van der Waals surface area contributed by atoms with Crippen LogP contribution in [0.4, 0.5) is 20.2 Å². The van der Waals surface area contributed by atoms with E-state index < -0.39 is 27.3 Å². The van der Waals surface area contributed by atoms with Crippen LogP contribution in [-0.4, -0.2) is 19.5 Å². The summed E-state index contributed by atoms with van der Waals surface area (Å²) in [5.41, 5.74) is 1.22. The number of benzene rings is 2. The molecule has 7 nitrogen and oxygen atoms in total. The standard InChI is InChI=1S/C22H19F2N3O4S/c1-13-21(25-22(28)15-5-6-15)20(31-26-13)11-4-14-2-8-17(9-3-14)32(29,30)27-19-12-16(23)7-10-18(19)24/h2-4,7-12,15,27H,5-6H2,1H3,(H,25,28)/b11-4-. The van der Waals surface area contributed by atoms with Crippen molar-refractivity contribution in [2.24, 2.45) is 5.92 Å². The Bertz CT molecular complexity index is 1300. The van der Waals surface area contributed by atoms with Crippen LogP contribution in [0.5, 0.6) is 0 Å². The molecule has 3 aromatic rings. The lowest BCUT2D eigenvalue weighted by molar-refractivity contribution is -0.117. The molecule has 2 aromatic carbocycles. The van der Waals surface area contributed by atoms with E-state index in [9.17, 15) is 22.0 Å². The molecule has 1 aliphatic carbocycles. The Morgan fingerprint density at radius 3 is 2.53 bits per heavy atom. The predicted octanol–water partition coefficient (Wildman–Crippen LogP) is 4.58. The summed E-state index contributed by atoms with van der Waals surface area (Å²) in [6, 6.07) is 8.25. The highest BCUT2D eigenvalue weighted by Gasteiger charge is 2.30. The van der Waals surface area contributed by atoms with Crippen molar-refractivity contribution < 1.29 is 26.5 Å². The number of hydrogen-bond donors (Lipinski definition) is 2. The molecule has 1 aromatic heterocycles. The maximum Gasteiger partial charge on any atom is 0.261 e. The molecule has 32 heavy (non-hydrogen) atoms. The summed E-state index contributed by atoms with van der Waals surface area (Å²) in [6.07, 6.45) is 5.03. The zero-order chi connectivity index (χ0) is 22.9. The molecule has 1 saturated carbocycles. The predicted molar refractivity (Wildman–Crippen MR) is 115 cm³/mol. The number of carbonyl (C=O) groups excluding carboxylic acids is 1. The fraction of sp³-hybridized carbons (Fsp3) is 0.182. The third kappa shape index (κ3) is 4.86. The molecular weight excluding hydrogens is 440 g/mol. The number of anilines is 2. The van der Waals surface area contributed by atoms with E-state index in [4.69, 9.17) is 4.52 Å². The summed E-state index contributed by atoms with van der Waals surface area (Å²) in [6.45, 7) is 1.72. The number of amides is 1. The number of aryl methyl sites for hydroxylation is 1. The van der Waals surface area contributed by atoms with Gasteiger partial charge in [-0.05, 0) is 55.7 Å². The molecule has 10 heteroatoms. The zero-order valence-electron chi connectivity index (χ0n) is 16.9. The summed E-state index contributed by atoms with van der Waals surface area (Å²) in [4.78, 5) is 11.9. The van der Waals surface area contributed by atoms with Crippen LogP contribution in [0.2, 0.25) is 0 Å². The maximum atomic E-state index is 13.8. The fourth-order valence-electron chi connectivity index (χ4n) is 2.93. The molecule has 0 aliphatic heterocycles. The van der Waals surface area contributed by atoms with Gasteiger partial charge in [-0.25, -0.2) is 17.2 Å². The third-order valence-electron chi connectivity index (χ3n) is 4.88. The first-order valence-electron chi connectivity index (χ1n) is 9.76. The van der Waals surface area contributed by atoms with Gasteiger partial charge in [-0.15, -0.1) is 0 Å². The van der Waals surface area contributed by atoms with Crippen molar-refractivity contribution >= 4 is 39.5 Å². The topological polar surface area (TPSA) is 101 Å². The van der Waals surface area contributed by atoms with Crippen LogP contribution in [-0.2, 0) is 14.8 Å². The highest BCUT2D eigenvalue weighted by molar-refractivity contribution is 7.92. The van der Waals surface area contributed by atoms with Crippen molar-refractivity contribution in [1.29, 1.82) is 0 Å². The third-order valence-corrected chi connectivity index (χ3v) is 6.26. The molecule has 0 saturated heterocycles. The summed E-state index contributed by atoms with van der Waals surface area (Å²) >= 11 is 0. The number of hydrogen-bond acceptors (Lipinski definition) is 5. The second-order valence-electron chi connectivity index (χ2n) is 7.40. The molecule has 1 heterocycles. The quantitative estimate of drug-likeness (QED) is 0.539. The Morgan fingerprint density at radius 1 is 1.12 bits per heavy atom. The number of nitrogens with zero attached hydrogens (tertiary/aromatic N) is 1. The Morgan fingerprint density at radius 2 is 1.84 bits per heavy atom. The van der Waals surface area contributed by atoms with E-state index in [-0.39, 0.29) is 16.7 Å². The summed E-state index contributed by atoms with van der Waals surface area (Å²) in [7, 11) is -4.11. The van der Waals surface area contributed by atoms with Crippen molar-refractivity contribution in [1.82, 2.24) is 5.16 Å². The molecule has 166 valence electrons. The average molecular weight is 459 g/mol. The van der Waals surface area contributed by atoms with Gasteiger partial charge in [0, 0.05) is 12.0 Å². The van der Waals surface area contributed by atoms with Gasteiger partial charge >= 0.3 is 0 Å². The number of rotatable bonds is 7. The van der Waals surface area contributed by atoms with Gasteiger partial charge in [0.25, 0.3) is 10.0 Å². The fourth-order valence-corrected chi connectivity index (χ4v) is 3.99. The van der Waals surface area contributed by atoms with E-state index in [0.717, 1.165) is 31.0 Å². The van der Waals surface area contributed by atoms with Crippen LogP contribution in [0.1, 0.15) is 29.9 Å². The van der Waals surface area contributed by atoms with Gasteiger partial charge in [0.1, 0.15) is 23.0 Å². The van der Waals surface area contributed by atoms with Crippen molar-refractivity contribution in [2.75, 3.05) is 10.0 Å². The minimum atomic E-state index is -4.11. The molecule has 2 N–H and O–H groups in total. The summed E-state index contributed by atoms with van der Waals surface area (Å²) < 4.78 is 59.3. The van der Waals surface area contributed by atoms with Gasteiger partial charge in [-0.2, -0.15) is 0 Å². The molecule has 1 fully saturated rings. The number of aromatic nitrogens is 1. The first kappa shape index (κ1) is 21.7. The van der Waals surface area contributed by atoms with Crippen LogP contribution in [0.3, 0.4) is 0 Å². The normalized spacial score (nSPS) is 14.0. The minimum Gasteiger partial charge on any atom is -0.354 e. The number of nitrogens with one attached hydrogen (secondary N) is 2. The van der Waals surface area contributed by atoms with Crippen LogP contribution < -0.4 is 10.0 Å². The van der Waals surface area contributed by atoms with Gasteiger partial charge in [-0.1, -0.05) is 23.4 Å². The van der Waals surface area contributed by atoms with Gasteiger partial charge in [0.2, 0.25) is 5.91 Å². The summed E-state index contributed by atoms with van der Waals surface area (Å²) in [5, 5.41) is 6.70. The first-order valence-corrected chi connectivity index (χ1v) is 11.2. The van der Waals surface area contributed by atoms with Crippen molar-refractivity contribution in [3.05, 3.63) is 71.1 Å². The van der Waals surface area contributed by atoms with Crippen molar-refractivity contribution in [2.45, 2.75) is 24.7 Å². The Balaban J connectivity index is 1.49. The molecule has 0 spiro atoms.